The van der Waals surface area contributed by atoms with Gasteiger partial charge in [0.25, 0.3) is 0 Å². The van der Waals surface area contributed by atoms with Crippen molar-refractivity contribution in [3.8, 4) is 17.2 Å². The highest BCUT2D eigenvalue weighted by Crippen LogP contribution is 2.32. The minimum atomic E-state index is 0.181. The molecular weight excluding hydrogens is 312 g/mol. The molecule has 6 nitrogen and oxygen atoms in total. The highest BCUT2D eigenvalue weighted by molar-refractivity contribution is 5.42. The van der Waals surface area contributed by atoms with Gasteiger partial charge >= 0.3 is 0 Å². The summed E-state index contributed by atoms with van der Waals surface area (Å²) >= 11 is 0. The number of rotatable bonds is 9. The molecule has 6 heteroatoms. The van der Waals surface area contributed by atoms with Crippen LogP contribution in [0.3, 0.4) is 0 Å². The monoisotopic (exact) mass is 336 g/mol. The molecule has 0 spiro atoms. The van der Waals surface area contributed by atoms with Crippen LogP contribution in [0, 0.1) is 0 Å². The highest BCUT2D eigenvalue weighted by atomic mass is 16.6. The second-order valence-electron chi connectivity index (χ2n) is 6.71. The van der Waals surface area contributed by atoms with Crippen LogP contribution in [0.4, 0.5) is 0 Å². The lowest BCUT2D eigenvalue weighted by atomic mass is 10.3. The van der Waals surface area contributed by atoms with E-state index in [1.165, 1.54) is 0 Å². The van der Waals surface area contributed by atoms with Crippen LogP contribution in [-0.4, -0.2) is 56.4 Å². The topological polar surface area (TPSA) is 65.3 Å². The van der Waals surface area contributed by atoms with Crippen LogP contribution in [0.1, 0.15) is 20.8 Å². The minimum absolute atomic E-state index is 0.181. The van der Waals surface area contributed by atoms with Crippen LogP contribution in [0.15, 0.2) is 18.2 Å². The lowest BCUT2D eigenvalue weighted by Crippen LogP contribution is -2.10. The van der Waals surface area contributed by atoms with Gasteiger partial charge in [-0.25, -0.2) is 0 Å². The summed E-state index contributed by atoms with van der Waals surface area (Å²) in [7, 11) is 0. The standard InChI is InChI=1S/C18H24O6/c1-10-16(22-10)7-19-13-4-14(20-8-17-11(2)23-17)6-15(5-13)21-9-18-12(3)24-18/h4-6,10-12,16-18H,7-9H2,1-3H3. The Kier molecular flexibility index (Phi) is 4.28. The predicted octanol–water partition coefficient (Wildman–Crippen LogP) is 2.18. The molecular formula is C18H24O6. The summed E-state index contributed by atoms with van der Waals surface area (Å²) in [5.74, 6) is 2.17. The fourth-order valence-corrected chi connectivity index (χ4v) is 2.55. The fraction of sp³-hybridized carbons (Fsp3) is 0.667. The van der Waals surface area contributed by atoms with Crippen LogP contribution in [0.5, 0.6) is 17.2 Å². The molecule has 3 aliphatic heterocycles. The highest BCUT2D eigenvalue weighted by Gasteiger charge is 2.36. The summed E-state index contributed by atoms with van der Waals surface area (Å²) in [5, 5.41) is 0. The first-order valence-corrected chi connectivity index (χ1v) is 8.58. The zero-order valence-electron chi connectivity index (χ0n) is 14.3. The Bertz CT molecular complexity index is 498. The predicted molar refractivity (Wildman–Crippen MR) is 85.9 cm³/mol. The van der Waals surface area contributed by atoms with Crippen molar-refractivity contribution in [3.05, 3.63) is 18.2 Å². The van der Waals surface area contributed by atoms with Gasteiger partial charge in [-0.2, -0.15) is 0 Å². The molecule has 1 aromatic rings. The summed E-state index contributed by atoms with van der Waals surface area (Å²) in [6, 6.07) is 5.63. The van der Waals surface area contributed by atoms with E-state index in [0.717, 1.165) is 17.2 Å². The second kappa shape index (κ2) is 6.43. The molecule has 0 N–H and O–H groups in total. The van der Waals surface area contributed by atoms with Gasteiger partial charge in [-0.15, -0.1) is 0 Å². The molecule has 0 amide bonds. The van der Waals surface area contributed by atoms with Crippen LogP contribution in [0.2, 0.25) is 0 Å². The number of benzene rings is 1. The third-order valence-corrected chi connectivity index (χ3v) is 4.61. The zero-order valence-corrected chi connectivity index (χ0v) is 14.3. The summed E-state index contributed by atoms with van der Waals surface area (Å²) < 4.78 is 33.6. The van der Waals surface area contributed by atoms with Crippen LogP contribution < -0.4 is 14.2 Å². The van der Waals surface area contributed by atoms with Crippen molar-refractivity contribution in [2.24, 2.45) is 0 Å². The second-order valence-corrected chi connectivity index (χ2v) is 6.71. The number of hydrogen-bond donors (Lipinski definition) is 0. The van der Waals surface area contributed by atoms with Crippen LogP contribution >= 0.6 is 0 Å². The molecule has 0 radical (unpaired) electrons. The van der Waals surface area contributed by atoms with Crippen molar-refractivity contribution >= 4 is 0 Å². The Balaban J connectivity index is 1.37. The molecule has 0 aromatic heterocycles. The summed E-state index contributed by atoms with van der Waals surface area (Å²) in [6.07, 6.45) is 1.38. The lowest BCUT2D eigenvalue weighted by Gasteiger charge is -2.12. The first-order valence-electron chi connectivity index (χ1n) is 8.58. The Morgan fingerprint density at radius 3 is 1.08 bits per heavy atom. The molecule has 0 bridgehead atoms. The van der Waals surface area contributed by atoms with Gasteiger partial charge in [-0.3, -0.25) is 0 Å². The molecule has 24 heavy (non-hydrogen) atoms. The number of ether oxygens (including phenoxy) is 6. The number of epoxide rings is 3. The molecule has 1 aromatic carbocycles. The maximum atomic E-state index is 5.82. The fourth-order valence-electron chi connectivity index (χ4n) is 2.55. The summed E-state index contributed by atoms with van der Waals surface area (Å²) in [5.41, 5.74) is 0. The first-order chi connectivity index (χ1) is 11.6. The largest absolute Gasteiger partial charge is 0.490 e. The van der Waals surface area contributed by atoms with Crippen molar-refractivity contribution in [1.82, 2.24) is 0 Å². The zero-order chi connectivity index (χ0) is 16.7. The van der Waals surface area contributed by atoms with Gasteiger partial charge in [0.1, 0.15) is 55.4 Å². The quantitative estimate of drug-likeness (QED) is 0.644. The van der Waals surface area contributed by atoms with Gasteiger partial charge in [0.2, 0.25) is 0 Å². The van der Waals surface area contributed by atoms with E-state index in [1.54, 1.807) is 0 Å². The van der Waals surface area contributed by atoms with Crippen molar-refractivity contribution in [2.75, 3.05) is 19.8 Å². The number of hydrogen-bond acceptors (Lipinski definition) is 6. The first kappa shape index (κ1) is 16.0. The third-order valence-electron chi connectivity index (χ3n) is 4.61. The molecule has 4 rings (SSSR count). The SMILES string of the molecule is CC1OC1COc1cc(OCC2OC2C)cc(OCC2OC2C)c1. The summed E-state index contributed by atoms with van der Waals surface area (Å²) in [6.45, 7) is 7.72. The van der Waals surface area contributed by atoms with E-state index in [2.05, 4.69) is 0 Å². The molecule has 0 aliphatic carbocycles. The van der Waals surface area contributed by atoms with E-state index < -0.39 is 0 Å². The van der Waals surface area contributed by atoms with Crippen molar-refractivity contribution in [1.29, 1.82) is 0 Å². The van der Waals surface area contributed by atoms with Crippen LogP contribution in [0.25, 0.3) is 0 Å². The van der Waals surface area contributed by atoms with Gasteiger partial charge in [-0.1, -0.05) is 0 Å². The Morgan fingerprint density at radius 1 is 0.625 bits per heavy atom. The van der Waals surface area contributed by atoms with Crippen molar-refractivity contribution < 1.29 is 28.4 Å². The lowest BCUT2D eigenvalue weighted by molar-refractivity contribution is 0.240. The van der Waals surface area contributed by atoms with E-state index >= 15 is 0 Å². The molecule has 0 saturated carbocycles. The molecule has 6 unspecified atom stereocenters. The smallest absolute Gasteiger partial charge is 0.126 e. The van der Waals surface area contributed by atoms with E-state index in [4.69, 9.17) is 28.4 Å². The van der Waals surface area contributed by atoms with E-state index in [-0.39, 0.29) is 36.6 Å². The maximum Gasteiger partial charge on any atom is 0.126 e. The molecule has 6 atom stereocenters. The van der Waals surface area contributed by atoms with Crippen molar-refractivity contribution in [3.63, 3.8) is 0 Å². The van der Waals surface area contributed by atoms with E-state index in [9.17, 15) is 0 Å². The van der Waals surface area contributed by atoms with Gasteiger partial charge in [0, 0.05) is 18.2 Å². The average molecular weight is 336 g/mol. The third kappa shape index (κ3) is 4.12. The molecule has 3 saturated heterocycles. The molecule has 3 fully saturated rings. The molecule has 3 heterocycles. The van der Waals surface area contributed by atoms with E-state index in [0.29, 0.717) is 19.8 Å². The minimum Gasteiger partial charge on any atom is -0.490 e. The van der Waals surface area contributed by atoms with Gasteiger partial charge in [0.15, 0.2) is 0 Å². The normalized spacial score (nSPS) is 36.1. The van der Waals surface area contributed by atoms with Gasteiger partial charge < -0.3 is 28.4 Å². The van der Waals surface area contributed by atoms with Gasteiger partial charge in [0.05, 0.1) is 18.3 Å². The van der Waals surface area contributed by atoms with Gasteiger partial charge in [-0.05, 0) is 20.8 Å². The average Bonchev–Trinajstić information content (AvgIpc) is 3.48. The molecule has 3 aliphatic rings. The van der Waals surface area contributed by atoms with E-state index in [1.807, 2.05) is 39.0 Å². The Labute approximate surface area is 141 Å². The van der Waals surface area contributed by atoms with Crippen molar-refractivity contribution in [2.45, 2.75) is 57.4 Å². The Morgan fingerprint density at radius 2 is 0.875 bits per heavy atom. The maximum absolute atomic E-state index is 5.82. The van der Waals surface area contributed by atoms with Crippen LogP contribution in [-0.2, 0) is 14.2 Å². The Hall–Kier alpha value is -1.50. The summed E-state index contributed by atoms with van der Waals surface area (Å²) in [4.78, 5) is 0. The molecule has 132 valence electrons.